The van der Waals surface area contributed by atoms with Crippen LogP contribution in [0.25, 0.3) is 0 Å². The van der Waals surface area contributed by atoms with Crippen LogP contribution in [0.15, 0.2) is 30.3 Å². The number of carbonyl (C=O) groups is 1. The minimum atomic E-state index is -0.545. The molecule has 0 aliphatic rings. The van der Waals surface area contributed by atoms with Crippen LogP contribution in [0.2, 0.25) is 0 Å². The summed E-state index contributed by atoms with van der Waals surface area (Å²) < 4.78 is 10.3. The molecule has 0 saturated carbocycles. The normalized spacial score (nSPS) is 11.8. The fraction of sp³-hybridized carbons (Fsp3) is 0.312. The lowest BCUT2D eigenvalue weighted by Crippen LogP contribution is -2.22. The van der Waals surface area contributed by atoms with Crippen LogP contribution in [0.5, 0.6) is 5.75 Å². The molecule has 112 valence electrons. The molecule has 0 aliphatic heterocycles. The number of thiophene rings is 1. The van der Waals surface area contributed by atoms with Crippen molar-refractivity contribution in [1.29, 1.82) is 0 Å². The third kappa shape index (κ3) is 3.36. The number of methoxy groups -OCH3 is 2. The summed E-state index contributed by atoms with van der Waals surface area (Å²) in [4.78, 5) is 14.4. The molecule has 5 heteroatoms. The highest BCUT2D eigenvalue weighted by Gasteiger charge is 2.25. The van der Waals surface area contributed by atoms with Gasteiger partial charge in [0.15, 0.2) is 6.04 Å². The molecule has 0 radical (unpaired) electrons. The van der Waals surface area contributed by atoms with Crippen molar-refractivity contribution >= 4 is 23.0 Å². The molecule has 0 saturated heterocycles. The number of anilines is 1. The Morgan fingerprint density at radius 3 is 2.52 bits per heavy atom. The highest BCUT2D eigenvalue weighted by molar-refractivity contribution is 7.12. The molecule has 4 nitrogen and oxygen atoms in total. The largest absolute Gasteiger partial charge is 0.495 e. The second-order valence-corrected chi connectivity index (χ2v) is 6.13. The SMILES string of the molecule is COC(=O)C(Nc1ccccc1OC)c1cc(C)sc1C. The first kappa shape index (κ1) is 15.4. The number of hydrogen-bond donors (Lipinski definition) is 1. The molecular formula is C16H19NO3S. The van der Waals surface area contributed by atoms with E-state index in [0.29, 0.717) is 5.75 Å². The Bertz CT molecular complexity index is 636. The monoisotopic (exact) mass is 305 g/mol. The van der Waals surface area contributed by atoms with Gasteiger partial charge in [-0.3, -0.25) is 0 Å². The van der Waals surface area contributed by atoms with Crippen LogP contribution >= 0.6 is 11.3 Å². The molecule has 1 unspecified atom stereocenters. The fourth-order valence-electron chi connectivity index (χ4n) is 2.24. The molecule has 0 bridgehead atoms. The molecule has 2 rings (SSSR count). The average Bonchev–Trinajstić information content (AvgIpc) is 2.82. The number of carbonyl (C=O) groups excluding carboxylic acids is 1. The fourth-order valence-corrected chi connectivity index (χ4v) is 3.20. The topological polar surface area (TPSA) is 47.6 Å². The van der Waals surface area contributed by atoms with Gasteiger partial charge in [-0.25, -0.2) is 4.79 Å². The number of nitrogens with one attached hydrogen (secondary N) is 1. The van der Waals surface area contributed by atoms with E-state index in [1.165, 1.54) is 12.0 Å². The summed E-state index contributed by atoms with van der Waals surface area (Å²) in [7, 11) is 3.00. The first-order valence-corrected chi connectivity index (χ1v) is 7.42. The number of para-hydroxylation sites is 2. The molecule has 1 atom stereocenters. The Morgan fingerprint density at radius 1 is 1.24 bits per heavy atom. The van der Waals surface area contributed by atoms with Gasteiger partial charge in [-0.05, 0) is 37.6 Å². The third-order valence-corrected chi connectivity index (χ3v) is 4.22. The Morgan fingerprint density at radius 2 is 1.95 bits per heavy atom. The zero-order valence-electron chi connectivity index (χ0n) is 12.6. The van der Waals surface area contributed by atoms with E-state index >= 15 is 0 Å². The smallest absolute Gasteiger partial charge is 0.333 e. The van der Waals surface area contributed by atoms with Gasteiger partial charge in [-0.1, -0.05) is 12.1 Å². The van der Waals surface area contributed by atoms with Crippen molar-refractivity contribution in [3.05, 3.63) is 45.6 Å². The summed E-state index contributed by atoms with van der Waals surface area (Å²) in [6.45, 7) is 4.03. The Hall–Kier alpha value is -2.01. The molecule has 0 fully saturated rings. The maximum absolute atomic E-state index is 12.2. The van der Waals surface area contributed by atoms with Crippen LogP contribution in [0.4, 0.5) is 5.69 Å². The second-order valence-electron chi connectivity index (χ2n) is 4.67. The van der Waals surface area contributed by atoms with E-state index in [9.17, 15) is 4.79 Å². The van der Waals surface area contributed by atoms with Crippen molar-refractivity contribution in [3.8, 4) is 5.75 Å². The van der Waals surface area contributed by atoms with Gasteiger partial charge in [0.2, 0.25) is 0 Å². The van der Waals surface area contributed by atoms with Gasteiger partial charge in [0.1, 0.15) is 5.75 Å². The van der Waals surface area contributed by atoms with Gasteiger partial charge in [0.05, 0.1) is 19.9 Å². The summed E-state index contributed by atoms with van der Waals surface area (Å²) in [5, 5.41) is 3.23. The first-order valence-electron chi connectivity index (χ1n) is 6.61. The molecule has 1 N–H and O–H groups in total. The van der Waals surface area contributed by atoms with Gasteiger partial charge in [0.25, 0.3) is 0 Å². The molecule has 2 aromatic rings. The second kappa shape index (κ2) is 6.63. The minimum absolute atomic E-state index is 0.318. The molecule has 0 aliphatic carbocycles. The van der Waals surface area contributed by atoms with Crippen molar-refractivity contribution in [2.45, 2.75) is 19.9 Å². The van der Waals surface area contributed by atoms with Crippen molar-refractivity contribution in [2.75, 3.05) is 19.5 Å². The van der Waals surface area contributed by atoms with Gasteiger partial charge in [-0.2, -0.15) is 0 Å². The van der Waals surface area contributed by atoms with Crippen molar-refractivity contribution in [1.82, 2.24) is 0 Å². The summed E-state index contributed by atoms with van der Waals surface area (Å²) in [6.07, 6.45) is 0. The lowest BCUT2D eigenvalue weighted by Gasteiger charge is -2.19. The van der Waals surface area contributed by atoms with Crippen LogP contribution in [-0.2, 0) is 9.53 Å². The van der Waals surface area contributed by atoms with Gasteiger partial charge in [-0.15, -0.1) is 11.3 Å². The quantitative estimate of drug-likeness (QED) is 0.856. The van der Waals surface area contributed by atoms with Gasteiger partial charge in [0, 0.05) is 9.75 Å². The Labute approximate surface area is 128 Å². The number of benzene rings is 1. The summed E-state index contributed by atoms with van der Waals surface area (Å²) in [5.74, 6) is 0.373. The van der Waals surface area contributed by atoms with E-state index in [4.69, 9.17) is 9.47 Å². The molecule has 1 aromatic carbocycles. The molecule has 0 amide bonds. The minimum Gasteiger partial charge on any atom is -0.495 e. The van der Waals surface area contributed by atoms with E-state index in [2.05, 4.69) is 5.32 Å². The number of hydrogen-bond acceptors (Lipinski definition) is 5. The maximum atomic E-state index is 12.2. The molecule has 0 spiro atoms. The van der Waals surface area contributed by atoms with Crippen molar-refractivity contribution in [2.24, 2.45) is 0 Å². The van der Waals surface area contributed by atoms with E-state index in [1.54, 1.807) is 18.4 Å². The van der Waals surface area contributed by atoms with E-state index in [1.807, 2.05) is 44.2 Å². The molecule has 1 heterocycles. The maximum Gasteiger partial charge on any atom is 0.333 e. The lowest BCUT2D eigenvalue weighted by atomic mass is 10.1. The van der Waals surface area contributed by atoms with Crippen molar-refractivity contribution < 1.29 is 14.3 Å². The summed E-state index contributed by atoms with van der Waals surface area (Å²) in [5.41, 5.74) is 1.70. The molecular weight excluding hydrogens is 286 g/mol. The lowest BCUT2D eigenvalue weighted by molar-refractivity contribution is -0.141. The highest BCUT2D eigenvalue weighted by Crippen LogP contribution is 2.32. The molecule has 21 heavy (non-hydrogen) atoms. The van der Waals surface area contributed by atoms with Gasteiger partial charge < -0.3 is 14.8 Å². The predicted molar refractivity (Wildman–Crippen MR) is 85.2 cm³/mol. The van der Waals surface area contributed by atoms with Crippen LogP contribution in [0.1, 0.15) is 21.4 Å². The first-order chi connectivity index (χ1) is 10.1. The third-order valence-electron chi connectivity index (χ3n) is 3.23. The number of esters is 1. The number of ether oxygens (including phenoxy) is 2. The van der Waals surface area contributed by atoms with Crippen LogP contribution in [-0.4, -0.2) is 20.2 Å². The van der Waals surface area contributed by atoms with E-state index in [-0.39, 0.29) is 5.97 Å². The number of rotatable bonds is 5. The Balaban J connectivity index is 2.38. The van der Waals surface area contributed by atoms with E-state index < -0.39 is 6.04 Å². The molecule has 1 aromatic heterocycles. The van der Waals surface area contributed by atoms with Crippen LogP contribution in [0, 0.1) is 13.8 Å². The Kier molecular flexibility index (Phi) is 4.85. The van der Waals surface area contributed by atoms with Crippen LogP contribution < -0.4 is 10.1 Å². The highest BCUT2D eigenvalue weighted by atomic mass is 32.1. The summed E-state index contributed by atoms with van der Waals surface area (Å²) >= 11 is 1.67. The van der Waals surface area contributed by atoms with Crippen LogP contribution in [0.3, 0.4) is 0 Å². The number of aryl methyl sites for hydroxylation is 2. The zero-order valence-corrected chi connectivity index (χ0v) is 13.4. The zero-order chi connectivity index (χ0) is 15.4. The van der Waals surface area contributed by atoms with Gasteiger partial charge >= 0.3 is 5.97 Å². The summed E-state index contributed by atoms with van der Waals surface area (Å²) in [6, 6.07) is 8.98. The van der Waals surface area contributed by atoms with Crippen molar-refractivity contribution in [3.63, 3.8) is 0 Å². The predicted octanol–water partition coefficient (Wildman–Crippen LogP) is 3.70. The van der Waals surface area contributed by atoms with E-state index in [0.717, 1.165) is 16.1 Å². The standard InChI is InChI=1S/C16H19NO3S/c1-10-9-12(11(2)21-10)15(16(18)20-4)17-13-7-5-6-8-14(13)19-3/h5-9,15,17H,1-4H3. The average molecular weight is 305 g/mol.